The third-order valence-corrected chi connectivity index (χ3v) is 6.62. The standard InChI is InChI=1S/C21H22N2O5S/c1-5-23(19-15(4)28-20(22-19)16-9-7-6-8-10-16)29(26,27)17-11-13(2)14(3)18(12-17)21(24)25/h6-12H,5H2,1-4H3,(H,24,25). The van der Waals surface area contributed by atoms with Crippen LogP contribution in [0.3, 0.4) is 0 Å². The fraction of sp³-hybridized carbons (Fsp3) is 0.238. The fourth-order valence-electron chi connectivity index (χ4n) is 3.08. The highest BCUT2D eigenvalue weighted by molar-refractivity contribution is 7.92. The van der Waals surface area contributed by atoms with E-state index in [2.05, 4.69) is 4.98 Å². The predicted molar refractivity (Wildman–Crippen MR) is 110 cm³/mol. The molecule has 0 spiro atoms. The first-order chi connectivity index (χ1) is 13.7. The zero-order valence-corrected chi connectivity index (χ0v) is 17.4. The Hall–Kier alpha value is -3.13. The molecule has 0 aliphatic carbocycles. The maximum Gasteiger partial charge on any atom is 0.336 e. The van der Waals surface area contributed by atoms with Gasteiger partial charge >= 0.3 is 5.97 Å². The SMILES string of the molecule is CCN(c1nc(-c2ccccc2)oc1C)S(=O)(=O)c1cc(C)c(C)c(C(=O)O)c1. The molecule has 0 bridgehead atoms. The molecule has 0 saturated heterocycles. The minimum absolute atomic E-state index is 0.0403. The van der Waals surface area contributed by atoms with Crippen molar-refractivity contribution >= 4 is 21.8 Å². The number of carboxylic acids is 1. The van der Waals surface area contributed by atoms with Gasteiger partial charge in [-0.3, -0.25) is 0 Å². The number of nitrogens with zero attached hydrogens (tertiary/aromatic N) is 2. The van der Waals surface area contributed by atoms with Crippen LogP contribution in [0.25, 0.3) is 11.5 Å². The molecular formula is C21H22N2O5S. The van der Waals surface area contributed by atoms with Crippen LogP contribution in [0.5, 0.6) is 0 Å². The molecule has 7 nitrogen and oxygen atoms in total. The number of aromatic carboxylic acids is 1. The molecule has 152 valence electrons. The molecule has 0 saturated carbocycles. The Kier molecular flexibility index (Phi) is 5.48. The van der Waals surface area contributed by atoms with Crippen LogP contribution in [0.15, 0.2) is 51.8 Å². The molecule has 8 heteroatoms. The van der Waals surface area contributed by atoms with Crippen molar-refractivity contribution in [3.05, 3.63) is 64.9 Å². The molecule has 1 aromatic heterocycles. The fourth-order valence-corrected chi connectivity index (χ4v) is 4.67. The zero-order chi connectivity index (χ0) is 21.3. The van der Waals surface area contributed by atoms with Crippen LogP contribution < -0.4 is 4.31 Å². The van der Waals surface area contributed by atoms with E-state index in [1.807, 2.05) is 30.3 Å². The summed E-state index contributed by atoms with van der Waals surface area (Å²) in [7, 11) is -4.04. The first-order valence-corrected chi connectivity index (χ1v) is 10.5. The van der Waals surface area contributed by atoms with Crippen molar-refractivity contribution in [2.75, 3.05) is 10.8 Å². The van der Waals surface area contributed by atoms with E-state index in [1.165, 1.54) is 12.1 Å². The average Bonchev–Trinajstić information content (AvgIpc) is 3.06. The lowest BCUT2D eigenvalue weighted by molar-refractivity contribution is 0.0695. The number of hydrogen-bond donors (Lipinski definition) is 1. The minimum Gasteiger partial charge on any atom is -0.478 e. The molecule has 2 aromatic carbocycles. The number of benzene rings is 2. The minimum atomic E-state index is -4.04. The van der Waals surface area contributed by atoms with Crippen molar-refractivity contribution < 1.29 is 22.7 Å². The molecule has 29 heavy (non-hydrogen) atoms. The normalized spacial score (nSPS) is 11.4. The first kappa shape index (κ1) is 20.6. The molecule has 0 fully saturated rings. The maximum atomic E-state index is 13.4. The quantitative estimate of drug-likeness (QED) is 0.649. The Morgan fingerprint density at radius 1 is 1.14 bits per heavy atom. The van der Waals surface area contributed by atoms with Crippen LogP contribution in [0.1, 0.15) is 34.2 Å². The Bertz CT molecular complexity index is 1170. The van der Waals surface area contributed by atoms with Crippen molar-refractivity contribution in [2.45, 2.75) is 32.6 Å². The van der Waals surface area contributed by atoms with E-state index in [4.69, 9.17) is 4.42 Å². The Balaban J connectivity index is 2.11. The number of anilines is 1. The lowest BCUT2D eigenvalue weighted by atomic mass is 10.0. The summed E-state index contributed by atoms with van der Waals surface area (Å²) in [6, 6.07) is 11.9. The molecule has 1 heterocycles. The summed E-state index contributed by atoms with van der Waals surface area (Å²) in [5.74, 6) is -0.314. The van der Waals surface area contributed by atoms with Crippen LogP contribution in [0.4, 0.5) is 5.82 Å². The average molecular weight is 414 g/mol. The van der Waals surface area contributed by atoms with Gasteiger partial charge in [-0.05, 0) is 63.1 Å². The van der Waals surface area contributed by atoms with Gasteiger partial charge in [0.1, 0.15) is 5.76 Å². The van der Waals surface area contributed by atoms with Gasteiger partial charge in [0.25, 0.3) is 10.0 Å². The lowest BCUT2D eigenvalue weighted by Gasteiger charge is -2.21. The second-order valence-corrected chi connectivity index (χ2v) is 8.51. The van der Waals surface area contributed by atoms with Crippen LogP contribution in [0.2, 0.25) is 0 Å². The molecule has 0 aliphatic heterocycles. The van der Waals surface area contributed by atoms with Gasteiger partial charge in [-0.15, -0.1) is 0 Å². The summed E-state index contributed by atoms with van der Waals surface area (Å²) in [5.41, 5.74) is 1.81. The van der Waals surface area contributed by atoms with Crippen molar-refractivity contribution in [1.82, 2.24) is 4.98 Å². The molecule has 0 aliphatic rings. The highest BCUT2D eigenvalue weighted by Crippen LogP contribution is 2.31. The molecule has 0 amide bonds. The van der Waals surface area contributed by atoms with E-state index in [1.54, 1.807) is 27.7 Å². The summed E-state index contributed by atoms with van der Waals surface area (Å²) in [5, 5.41) is 9.43. The lowest BCUT2D eigenvalue weighted by Crippen LogP contribution is -2.32. The summed E-state index contributed by atoms with van der Waals surface area (Å²) >= 11 is 0. The monoisotopic (exact) mass is 414 g/mol. The number of hydrogen-bond acceptors (Lipinski definition) is 5. The highest BCUT2D eigenvalue weighted by atomic mass is 32.2. The van der Waals surface area contributed by atoms with Gasteiger partial charge in [0.2, 0.25) is 5.89 Å². The van der Waals surface area contributed by atoms with Crippen molar-refractivity contribution in [3.63, 3.8) is 0 Å². The molecule has 3 rings (SSSR count). The number of sulfonamides is 1. The van der Waals surface area contributed by atoms with Crippen LogP contribution in [-0.4, -0.2) is 31.0 Å². The van der Waals surface area contributed by atoms with E-state index in [0.29, 0.717) is 22.8 Å². The number of aryl methyl sites for hydroxylation is 2. The number of carboxylic acid groups (broad SMARTS) is 1. The van der Waals surface area contributed by atoms with Gasteiger partial charge < -0.3 is 9.52 Å². The van der Waals surface area contributed by atoms with Gasteiger partial charge in [-0.2, -0.15) is 4.98 Å². The van der Waals surface area contributed by atoms with Gasteiger partial charge in [0.05, 0.1) is 10.5 Å². The molecule has 3 aromatic rings. The largest absolute Gasteiger partial charge is 0.478 e. The smallest absolute Gasteiger partial charge is 0.336 e. The molecule has 0 atom stereocenters. The van der Waals surface area contributed by atoms with Gasteiger partial charge in [0, 0.05) is 12.1 Å². The highest BCUT2D eigenvalue weighted by Gasteiger charge is 2.30. The third kappa shape index (κ3) is 3.75. The predicted octanol–water partition coefficient (Wildman–Crippen LogP) is 4.18. The summed E-state index contributed by atoms with van der Waals surface area (Å²) in [6.07, 6.45) is 0. The number of carbonyl (C=O) groups is 1. The van der Waals surface area contributed by atoms with Crippen molar-refractivity contribution in [2.24, 2.45) is 0 Å². The van der Waals surface area contributed by atoms with Crippen LogP contribution in [-0.2, 0) is 10.0 Å². The maximum absolute atomic E-state index is 13.4. The Morgan fingerprint density at radius 3 is 2.38 bits per heavy atom. The molecule has 0 radical (unpaired) electrons. The van der Waals surface area contributed by atoms with Gasteiger partial charge in [-0.1, -0.05) is 18.2 Å². The van der Waals surface area contributed by atoms with Gasteiger partial charge in [0.15, 0.2) is 5.82 Å². The summed E-state index contributed by atoms with van der Waals surface area (Å²) in [4.78, 5) is 15.9. The van der Waals surface area contributed by atoms with Crippen molar-refractivity contribution in [3.8, 4) is 11.5 Å². The van der Waals surface area contributed by atoms with E-state index in [9.17, 15) is 18.3 Å². The summed E-state index contributed by atoms with van der Waals surface area (Å²) in [6.45, 7) is 6.79. The molecule has 1 N–H and O–H groups in total. The van der Waals surface area contributed by atoms with Crippen LogP contribution >= 0.6 is 0 Å². The number of oxazole rings is 1. The topological polar surface area (TPSA) is 101 Å². The van der Waals surface area contributed by atoms with Crippen molar-refractivity contribution in [1.29, 1.82) is 0 Å². The number of rotatable bonds is 6. The second-order valence-electron chi connectivity index (χ2n) is 6.65. The zero-order valence-electron chi connectivity index (χ0n) is 16.6. The second kappa shape index (κ2) is 7.71. The van der Waals surface area contributed by atoms with E-state index < -0.39 is 16.0 Å². The van der Waals surface area contributed by atoms with Gasteiger partial charge in [-0.25, -0.2) is 17.5 Å². The Labute approximate surface area is 169 Å². The third-order valence-electron chi connectivity index (χ3n) is 4.78. The van der Waals surface area contributed by atoms with Crippen LogP contribution in [0, 0.1) is 20.8 Å². The Morgan fingerprint density at radius 2 is 1.79 bits per heavy atom. The molecule has 0 unspecified atom stereocenters. The van der Waals surface area contributed by atoms with E-state index in [0.717, 1.165) is 9.87 Å². The first-order valence-electron chi connectivity index (χ1n) is 9.07. The number of aromatic nitrogens is 1. The van der Waals surface area contributed by atoms with E-state index in [-0.39, 0.29) is 22.8 Å². The summed E-state index contributed by atoms with van der Waals surface area (Å²) < 4.78 is 33.5. The molecular weight excluding hydrogens is 392 g/mol. The van der Waals surface area contributed by atoms with E-state index >= 15 is 0 Å².